The molecule has 96 valence electrons. The maximum Gasteiger partial charge on any atom is 0.129 e. The Labute approximate surface area is 102 Å². The zero-order valence-corrected chi connectivity index (χ0v) is 10.4. The molecule has 0 spiro atoms. The van der Waals surface area contributed by atoms with Crippen molar-refractivity contribution < 1.29 is 13.9 Å². The summed E-state index contributed by atoms with van der Waals surface area (Å²) in [5, 5.41) is 3.23. The molecule has 2 rings (SSSR count). The zero-order valence-electron chi connectivity index (χ0n) is 10.4. The molecule has 1 fully saturated rings. The first kappa shape index (κ1) is 12.6. The van der Waals surface area contributed by atoms with Crippen LogP contribution < -0.4 is 5.32 Å². The van der Waals surface area contributed by atoms with Crippen LogP contribution in [0.2, 0.25) is 0 Å². The third-order valence-corrected chi connectivity index (χ3v) is 2.90. The molecule has 0 aliphatic carbocycles. The molecule has 0 bridgehead atoms. The molecular formula is C13H21NO3. The summed E-state index contributed by atoms with van der Waals surface area (Å²) in [7, 11) is 0. The number of rotatable bonds is 6. The molecule has 4 heteroatoms. The van der Waals surface area contributed by atoms with Crippen molar-refractivity contribution in [2.45, 2.75) is 39.0 Å². The van der Waals surface area contributed by atoms with Gasteiger partial charge in [-0.05, 0) is 31.5 Å². The monoisotopic (exact) mass is 239 g/mol. The molecule has 0 unspecified atom stereocenters. The molecule has 1 N–H and O–H groups in total. The fourth-order valence-corrected chi connectivity index (χ4v) is 1.89. The average molecular weight is 239 g/mol. The predicted octanol–water partition coefficient (Wildman–Crippen LogP) is 2.08. The normalized spacial score (nSPS) is 17.5. The Hall–Kier alpha value is -0.840. The highest BCUT2D eigenvalue weighted by Gasteiger charge is 2.14. The number of ether oxygens (including phenoxy) is 2. The van der Waals surface area contributed by atoms with Crippen LogP contribution in [0.1, 0.15) is 31.3 Å². The smallest absolute Gasteiger partial charge is 0.129 e. The van der Waals surface area contributed by atoms with E-state index in [1.807, 2.05) is 12.1 Å². The van der Waals surface area contributed by atoms with Gasteiger partial charge >= 0.3 is 0 Å². The lowest BCUT2D eigenvalue weighted by molar-refractivity contribution is -0.0435. The Balaban J connectivity index is 1.72. The Kier molecular flexibility index (Phi) is 5.04. The van der Waals surface area contributed by atoms with Gasteiger partial charge in [-0.3, -0.25) is 0 Å². The van der Waals surface area contributed by atoms with E-state index in [0.717, 1.165) is 50.7 Å². The second-order valence-corrected chi connectivity index (χ2v) is 4.27. The van der Waals surface area contributed by atoms with Crippen LogP contribution in [0.15, 0.2) is 16.5 Å². The van der Waals surface area contributed by atoms with Gasteiger partial charge in [-0.25, -0.2) is 0 Å². The molecule has 17 heavy (non-hydrogen) atoms. The van der Waals surface area contributed by atoms with Crippen molar-refractivity contribution in [3.05, 3.63) is 23.7 Å². The van der Waals surface area contributed by atoms with Gasteiger partial charge in [-0.15, -0.1) is 0 Å². The molecule has 1 aliphatic heterocycles. The van der Waals surface area contributed by atoms with Gasteiger partial charge in [-0.2, -0.15) is 0 Å². The molecule has 0 atom stereocenters. The highest BCUT2D eigenvalue weighted by Crippen LogP contribution is 2.15. The minimum absolute atomic E-state index is 0.325. The summed E-state index contributed by atoms with van der Waals surface area (Å²) in [5.74, 6) is 1.88. The van der Waals surface area contributed by atoms with Crippen molar-refractivity contribution in [1.82, 2.24) is 5.32 Å². The third-order valence-electron chi connectivity index (χ3n) is 2.90. The SMILES string of the molecule is CCNCc1ccc(COC2CCOCC2)o1. The standard InChI is InChI=1S/C13H21NO3/c1-2-14-9-12-3-4-13(17-12)10-16-11-5-7-15-8-6-11/h3-4,11,14H,2,5-10H2,1H3. The van der Waals surface area contributed by atoms with E-state index in [1.165, 1.54) is 0 Å². The number of furan rings is 1. The van der Waals surface area contributed by atoms with Gasteiger partial charge in [-0.1, -0.05) is 6.92 Å². The largest absolute Gasteiger partial charge is 0.462 e. The predicted molar refractivity (Wildman–Crippen MR) is 64.7 cm³/mol. The van der Waals surface area contributed by atoms with Crippen LogP contribution in [0.5, 0.6) is 0 Å². The topological polar surface area (TPSA) is 43.6 Å². The van der Waals surface area contributed by atoms with E-state index >= 15 is 0 Å². The van der Waals surface area contributed by atoms with Crippen molar-refractivity contribution >= 4 is 0 Å². The van der Waals surface area contributed by atoms with Crippen LogP contribution in [-0.2, 0) is 22.6 Å². The van der Waals surface area contributed by atoms with Crippen molar-refractivity contribution in [3.63, 3.8) is 0 Å². The van der Waals surface area contributed by atoms with Gasteiger partial charge in [0.25, 0.3) is 0 Å². The molecule has 0 saturated carbocycles. The van der Waals surface area contributed by atoms with E-state index in [2.05, 4.69) is 12.2 Å². The Morgan fingerprint density at radius 1 is 1.29 bits per heavy atom. The summed E-state index contributed by atoms with van der Waals surface area (Å²) >= 11 is 0. The van der Waals surface area contributed by atoms with Gasteiger partial charge in [0.15, 0.2) is 0 Å². The summed E-state index contributed by atoms with van der Waals surface area (Å²) in [6.45, 7) is 6.01. The second-order valence-electron chi connectivity index (χ2n) is 4.27. The molecule has 4 nitrogen and oxygen atoms in total. The summed E-state index contributed by atoms with van der Waals surface area (Å²) < 4.78 is 16.7. The van der Waals surface area contributed by atoms with Crippen LogP contribution in [0.25, 0.3) is 0 Å². The molecule has 0 radical (unpaired) electrons. The molecule has 1 aromatic rings. The Bertz CT molecular complexity index is 318. The zero-order chi connectivity index (χ0) is 11.9. The highest BCUT2D eigenvalue weighted by atomic mass is 16.5. The Morgan fingerprint density at radius 2 is 2.06 bits per heavy atom. The lowest BCUT2D eigenvalue weighted by atomic mass is 10.1. The van der Waals surface area contributed by atoms with E-state index in [9.17, 15) is 0 Å². The first-order valence-corrected chi connectivity index (χ1v) is 6.36. The summed E-state index contributed by atoms with van der Waals surface area (Å²) in [4.78, 5) is 0. The second kappa shape index (κ2) is 6.79. The number of hydrogen-bond acceptors (Lipinski definition) is 4. The van der Waals surface area contributed by atoms with Crippen molar-refractivity contribution in [2.24, 2.45) is 0 Å². The quantitative estimate of drug-likeness (QED) is 0.825. The van der Waals surface area contributed by atoms with E-state index in [4.69, 9.17) is 13.9 Å². The van der Waals surface area contributed by atoms with Gasteiger partial charge in [0.1, 0.15) is 18.1 Å². The average Bonchev–Trinajstić information content (AvgIpc) is 2.83. The lowest BCUT2D eigenvalue weighted by Crippen LogP contribution is -2.23. The molecule has 1 aromatic heterocycles. The third kappa shape index (κ3) is 4.15. The van der Waals surface area contributed by atoms with Gasteiger partial charge in [0.2, 0.25) is 0 Å². The molecule has 1 aliphatic rings. The van der Waals surface area contributed by atoms with Crippen LogP contribution in [0.3, 0.4) is 0 Å². The highest BCUT2D eigenvalue weighted by molar-refractivity contribution is 5.06. The molecule has 0 amide bonds. The molecule has 0 aromatic carbocycles. The summed E-state index contributed by atoms with van der Waals surface area (Å²) in [6, 6.07) is 4.00. The van der Waals surface area contributed by atoms with E-state index < -0.39 is 0 Å². The maximum absolute atomic E-state index is 5.79. The minimum atomic E-state index is 0.325. The molecule has 1 saturated heterocycles. The van der Waals surface area contributed by atoms with Crippen LogP contribution >= 0.6 is 0 Å². The number of hydrogen-bond donors (Lipinski definition) is 1. The van der Waals surface area contributed by atoms with E-state index in [0.29, 0.717) is 12.7 Å². The minimum Gasteiger partial charge on any atom is -0.462 e. The van der Waals surface area contributed by atoms with Gasteiger partial charge in [0.05, 0.1) is 12.6 Å². The maximum atomic E-state index is 5.79. The lowest BCUT2D eigenvalue weighted by Gasteiger charge is -2.21. The van der Waals surface area contributed by atoms with Gasteiger partial charge in [0, 0.05) is 13.2 Å². The fourth-order valence-electron chi connectivity index (χ4n) is 1.89. The number of nitrogens with one attached hydrogen (secondary N) is 1. The van der Waals surface area contributed by atoms with Gasteiger partial charge < -0.3 is 19.2 Å². The summed E-state index contributed by atoms with van der Waals surface area (Å²) in [5.41, 5.74) is 0. The summed E-state index contributed by atoms with van der Waals surface area (Å²) in [6.07, 6.45) is 2.31. The van der Waals surface area contributed by atoms with Crippen LogP contribution in [-0.4, -0.2) is 25.9 Å². The van der Waals surface area contributed by atoms with E-state index in [-0.39, 0.29) is 0 Å². The molecule has 2 heterocycles. The fraction of sp³-hybridized carbons (Fsp3) is 0.692. The van der Waals surface area contributed by atoms with Crippen LogP contribution in [0, 0.1) is 0 Å². The first-order chi connectivity index (χ1) is 8.38. The van der Waals surface area contributed by atoms with Crippen molar-refractivity contribution in [2.75, 3.05) is 19.8 Å². The Morgan fingerprint density at radius 3 is 2.82 bits per heavy atom. The van der Waals surface area contributed by atoms with E-state index in [1.54, 1.807) is 0 Å². The van der Waals surface area contributed by atoms with Crippen LogP contribution in [0.4, 0.5) is 0 Å². The first-order valence-electron chi connectivity index (χ1n) is 6.36. The van der Waals surface area contributed by atoms with Crippen molar-refractivity contribution in [3.8, 4) is 0 Å². The molecular weight excluding hydrogens is 218 g/mol. The van der Waals surface area contributed by atoms with Crippen molar-refractivity contribution in [1.29, 1.82) is 0 Å².